The number of benzene rings is 2. The number of rotatable bonds is 6. The van der Waals surface area contributed by atoms with Gasteiger partial charge in [-0.05, 0) is 50.1 Å². The molecular weight excluding hydrogens is 435 g/mol. The fraction of sp³-hybridized carbons (Fsp3) is 0.261. The molecule has 1 aromatic heterocycles. The number of carbonyl (C=O) groups is 1. The lowest BCUT2D eigenvalue weighted by molar-refractivity contribution is 0.102. The number of amides is 1. The van der Waals surface area contributed by atoms with Gasteiger partial charge in [0.05, 0.1) is 12.7 Å². The van der Waals surface area contributed by atoms with Crippen LogP contribution in [-0.2, 0) is 0 Å². The molecule has 1 fully saturated rings. The molecule has 0 saturated carbocycles. The molecule has 1 amide bonds. The summed E-state index contributed by atoms with van der Waals surface area (Å²) in [6.45, 7) is 3.76. The van der Waals surface area contributed by atoms with E-state index in [4.69, 9.17) is 0 Å². The minimum Gasteiger partial charge on any atom is -0.491 e. The molecule has 2 heterocycles. The first-order valence-electron chi connectivity index (χ1n) is 10.4. The maximum Gasteiger partial charge on any atom is 0.258 e. The highest BCUT2D eigenvalue weighted by Gasteiger charge is 2.23. The summed E-state index contributed by atoms with van der Waals surface area (Å²) in [4.78, 5) is 23.6. The maximum atomic E-state index is 14.3. The van der Waals surface area contributed by atoms with E-state index >= 15 is 0 Å². The first kappa shape index (κ1) is 22.4. The maximum absolute atomic E-state index is 14.3. The molecule has 0 radical (unpaired) electrons. The third kappa shape index (κ3) is 4.84. The van der Waals surface area contributed by atoms with Crippen molar-refractivity contribution in [3.05, 3.63) is 65.1 Å². The molecular formula is C23H22F3N5O2. The average Bonchev–Trinajstić information content (AvgIpc) is 3.33. The highest BCUT2D eigenvalue weighted by Crippen LogP contribution is 2.28. The number of ether oxygens (including phenoxy) is 1. The molecule has 2 N–H and O–H groups in total. The standard InChI is InChI=1S/C23H22F3N5O2/c1-13-11-18(30-23(27-13)31-9-3-4-10-31)28-14-5-7-15(8-6-14)29-22(32)16-12-17(24)20(26)21(33-2)19(16)25/h5-8,11-12H,3-4,9-10H2,1-2H3,(H,29,32)(H,27,28,30). The number of hydrogen-bond donors (Lipinski definition) is 2. The molecule has 0 spiro atoms. The zero-order chi connectivity index (χ0) is 23.5. The van der Waals surface area contributed by atoms with Crippen LogP contribution >= 0.6 is 0 Å². The van der Waals surface area contributed by atoms with Gasteiger partial charge >= 0.3 is 0 Å². The Labute approximate surface area is 188 Å². The second kappa shape index (κ2) is 9.35. The largest absolute Gasteiger partial charge is 0.491 e. The summed E-state index contributed by atoms with van der Waals surface area (Å²) < 4.78 is 46.2. The van der Waals surface area contributed by atoms with Crippen LogP contribution in [0.4, 0.5) is 36.3 Å². The summed E-state index contributed by atoms with van der Waals surface area (Å²) in [6, 6.07) is 8.90. The van der Waals surface area contributed by atoms with E-state index in [2.05, 4.69) is 30.2 Å². The van der Waals surface area contributed by atoms with Crippen molar-refractivity contribution in [1.82, 2.24) is 9.97 Å². The van der Waals surface area contributed by atoms with Crippen LogP contribution in [0.25, 0.3) is 0 Å². The van der Waals surface area contributed by atoms with E-state index in [1.54, 1.807) is 24.3 Å². The number of aromatic nitrogens is 2. The highest BCUT2D eigenvalue weighted by molar-refractivity contribution is 6.04. The number of carbonyl (C=O) groups excluding carboxylic acids is 1. The molecule has 0 unspecified atom stereocenters. The predicted molar refractivity (Wildman–Crippen MR) is 119 cm³/mol. The number of nitrogens with one attached hydrogen (secondary N) is 2. The van der Waals surface area contributed by atoms with Gasteiger partial charge in [-0.25, -0.2) is 13.8 Å². The van der Waals surface area contributed by atoms with E-state index in [0.29, 0.717) is 29.2 Å². The summed E-state index contributed by atoms with van der Waals surface area (Å²) in [5.74, 6) is -4.72. The van der Waals surface area contributed by atoms with Gasteiger partial charge in [0.2, 0.25) is 11.8 Å². The molecule has 0 bridgehead atoms. The molecule has 0 atom stereocenters. The lowest BCUT2D eigenvalue weighted by Crippen LogP contribution is -2.21. The van der Waals surface area contributed by atoms with E-state index in [9.17, 15) is 18.0 Å². The summed E-state index contributed by atoms with van der Waals surface area (Å²) in [5, 5.41) is 5.66. The van der Waals surface area contributed by atoms with Gasteiger partial charge in [0.1, 0.15) is 5.82 Å². The molecule has 0 aliphatic carbocycles. The number of aryl methyl sites for hydroxylation is 1. The minimum atomic E-state index is -1.49. The van der Waals surface area contributed by atoms with E-state index in [1.807, 2.05) is 13.0 Å². The van der Waals surface area contributed by atoms with Crippen molar-refractivity contribution in [3.8, 4) is 5.75 Å². The normalized spacial score (nSPS) is 13.2. The van der Waals surface area contributed by atoms with Crippen LogP contribution in [-0.4, -0.2) is 36.1 Å². The molecule has 3 aromatic rings. The van der Waals surface area contributed by atoms with Crippen LogP contribution in [0.15, 0.2) is 36.4 Å². The smallest absolute Gasteiger partial charge is 0.258 e. The van der Waals surface area contributed by atoms with Crippen molar-refractivity contribution < 1.29 is 22.7 Å². The molecule has 1 saturated heterocycles. The van der Waals surface area contributed by atoms with E-state index in [1.165, 1.54) is 0 Å². The molecule has 4 rings (SSSR count). The number of methoxy groups -OCH3 is 1. The van der Waals surface area contributed by atoms with Crippen LogP contribution in [0.5, 0.6) is 5.75 Å². The van der Waals surface area contributed by atoms with Crippen LogP contribution in [0.2, 0.25) is 0 Å². The molecule has 1 aliphatic rings. The Kier molecular flexibility index (Phi) is 6.34. The Balaban J connectivity index is 1.47. The van der Waals surface area contributed by atoms with Crippen LogP contribution in [0.1, 0.15) is 28.9 Å². The van der Waals surface area contributed by atoms with Crippen LogP contribution in [0, 0.1) is 24.4 Å². The van der Waals surface area contributed by atoms with Gasteiger partial charge < -0.3 is 20.3 Å². The van der Waals surface area contributed by atoms with Gasteiger partial charge in [-0.15, -0.1) is 0 Å². The van der Waals surface area contributed by atoms with Crippen molar-refractivity contribution in [3.63, 3.8) is 0 Å². The van der Waals surface area contributed by atoms with Gasteiger partial charge in [0.15, 0.2) is 17.4 Å². The first-order chi connectivity index (χ1) is 15.9. The zero-order valence-corrected chi connectivity index (χ0v) is 18.1. The lowest BCUT2D eigenvalue weighted by Gasteiger charge is -2.17. The van der Waals surface area contributed by atoms with Crippen molar-refractivity contribution in [2.75, 3.05) is 35.7 Å². The first-order valence-corrected chi connectivity index (χ1v) is 10.4. The minimum absolute atomic E-state index is 0.338. The van der Waals surface area contributed by atoms with Gasteiger partial charge in [0, 0.05) is 36.2 Å². The Morgan fingerprint density at radius 1 is 1.00 bits per heavy atom. The van der Waals surface area contributed by atoms with Crippen molar-refractivity contribution in [2.24, 2.45) is 0 Å². The molecule has 2 aromatic carbocycles. The van der Waals surface area contributed by atoms with Gasteiger partial charge in [-0.3, -0.25) is 4.79 Å². The highest BCUT2D eigenvalue weighted by atomic mass is 19.2. The third-order valence-electron chi connectivity index (χ3n) is 5.21. The van der Waals surface area contributed by atoms with Crippen LogP contribution in [0.3, 0.4) is 0 Å². The van der Waals surface area contributed by atoms with E-state index < -0.39 is 34.7 Å². The van der Waals surface area contributed by atoms with Crippen molar-refractivity contribution >= 4 is 29.0 Å². The number of nitrogens with zero attached hydrogens (tertiary/aromatic N) is 3. The summed E-state index contributed by atoms with van der Waals surface area (Å²) in [6.07, 6.45) is 2.24. The Hall–Kier alpha value is -3.82. The zero-order valence-electron chi connectivity index (χ0n) is 18.1. The predicted octanol–water partition coefficient (Wildman–Crippen LogP) is 4.81. The summed E-state index contributed by atoms with van der Waals surface area (Å²) in [7, 11) is 0.988. The molecule has 7 nitrogen and oxygen atoms in total. The third-order valence-corrected chi connectivity index (χ3v) is 5.21. The second-order valence-corrected chi connectivity index (χ2v) is 7.61. The van der Waals surface area contributed by atoms with Crippen molar-refractivity contribution in [2.45, 2.75) is 19.8 Å². The Morgan fingerprint density at radius 3 is 2.33 bits per heavy atom. The van der Waals surface area contributed by atoms with E-state index in [0.717, 1.165) is 38.7 Å². The Bertz CT molecular complexity index is 1180. The Morgan fingerprint density at radius 2 is 1.67 bits per heavy atom. The number of anilines is 4. The fourth-order valence-electron chi connectivity index (χ4n) is 3.58. The fourth-order valence-corrected chi connectivity index (χ4v) is 3.58. The van der Waals surface area contributed by atoms with Crippen LogP contribution < -0.4 is 20.3 Å². The molecule has 172 valence electrons. The average molecular weight is 457 g/mol. The summed E-state index contributed by atoms with van der Waals surface area (Å²) in [5.41, 5.74) is 1.21. The molecule has 1 aliphatic heterocycles. The quantitative estimate of drug-likeness (QED) is 0.518. The van der Waals surface area contributed by atoms with Gasteiger partial charge in [-0.2, -0.15) is 9.37 Å². The SMILES string of the molecule is COc1c(F)c(F)cc(C(=O)Nc2ccc(Nc3cc(C)nc(N4CCCC4)n3)cc2)c1F. The van der Waals surface area contributed by atoms with Gasteiger partial charge in [-0.1, -0.05) is 0 Å². The molecule has 10 heteroatoms. The summed E-state index contributed by atoms with van der Waals surface area (Å²) >= 11 is 0. The second-order valence-electron chi connectivity index (χ2n) is 7.61. The number of halogens is 3. The molecule has 33 heavy (non-hydrogen) atoms. The lowest BCUT2D eigenvalue weighted by atomic mass is 10.1. The van der Waals surface area contributed by atoms with Gasteiger partial charge in [0.25, 0.3) is 5.91 Å². The van der Waals surface area contributed by atoms with Crippen molar-refractivity contribution in [1.29, 1.82) is 0 Å². The number of hydrogen-bond acceptors (Lipinski definition) is 6. The van der Waals surface area contributed by atoms with E-state index in [-0.39, 0.29) is 0 Å². The monoisotopic (exact) mass is 457 g/mol. The topological polar surface area (TPSA) is 79.4 Å².